The fourth-order valence-electron chi connectivity index (χ4n) is 2.54. The molecule has 27 heavy (non-hydrogen) atoms. The summed E-state index contributed by atoms with van der Waals surface area (Å²) in [6.45, 7) is 0. The van der Waals surface area contributed by atoms with Crippen molar-refractivity contribution in [2.24, 2.45) is 0 Å². The number of fused-ring (bicyclic) bond motifs is 1. The SMILES string of the molecule is COc1ccc(Sc2cc(N)n3ncc(/C=C4\NC(=O)NC4=O)c3n2)cc1. The molecule has 136 valence electrons. The van der Waals surface area contributed by atoms with Gasteiger partial charge in [-0.25, -0.2) is 9.78 Å². The van der Waals surface area contributed by atoms with Gasteiger partial charge in [-0.3, -0.25) is 10.1 Å². The molecule has 10 heteroatoms. The van der Waals surface area contributed by atoms with Gasteiger partial charge in [0.25, 0.3) is 5.91 Å². The molecule has 3 amide bonds. The number of nitrogens with two attached hydrogens (primary N) is 1. The van der Waals surface area contributed by atoms with E-state index in [2.05, 4.69) is 20.7 Å². The van der Waals surface area contributed by atoms with Gasteiger partial charge in [0, 0.05) is 16.5 Å². The van der Waals surface area contributed by atoms with Crippen molar-refractivity contribution < 1.29 is 14.3 Å². The van der Waals surface area contributed by atoms with Gasteiger partial charge in [-0.05, 0) is 30.3 Å². The molecule has 0 radical (unpaired) electrons. The van der Waals surface area contributed by atoms with E-state index in [0.29, 0.717) is 22.1 Å². The van der Waals surface area contributed by atoms with E-state index in [9.17, 15) is 9.59 Å². The van der Waals surface area contributed by atoms with Crippen LogP contribution in [0.15, 0.2) is 52.1 Å². The monoisotopic (exact) mass is 382 g/mol. The largest absolute Gasteiger partial charge is 0.497 e. The van der Waals surface area contributed by atoms with Crippen LogP contribution in [-0.2, 0) is 4.79 Å². The molecule has 0 bridgehead atoms. The first kappa shape index (κ1) is 16.9. The summed E-state index contributed by atoms with van der Waals surface area (Å²) in [5.74, 6) is 0.667. The number of urea groups is 1. The zero-order chi connectivity index (χ0) is 19.0. The van der Waals surface area contributed by atoms with E-state index in [4.69, 9.17) is 10.5 Å². The molecule has 1 aromatic carbocycles. The molecule has 0 aliphatic carbocycles. The Bertz CT molecular complexity index is 1090. The Morgan fingerprint density at radius 1 is 1.22 bits per heavy atom. The molecule has 0 spiro atoms. The molecular formula is C17H14N6O3S. The van der Waals surface area contributed by atoms with Crippen molar-refractivity contribution in [2.45, 2.75) is 9.92 Å². The van der Waals surface area contributed by atoms with Crippen LogP contribution >= 0.6 is 11.8 Å². The zero-order valence-electron chi connectivity index (χ0n) is 14.1. The number of hydrogen-bond donors (Lipinski definition) is 3. The number of carbonyl (C=O) groups excluding carboxylic acids is 2. The molecular weight excluding hydrogens is 368 g/mol. The fraction of sp³-hybridized carbons (Fsp3) is 0.0588. The fourth-order valence-corrected chi connectivity index (χ4v) is 3.36. The van der Waals surface area contributed by atoms with Gasteiger partial charge in [-0.1, -0.05) is 11.8 Å². The third-order valence-electron chi connectivity index (χ3n) is 3.80. The minimum Gasteiger partial charge on any atom is -0.497 e. The Balaban J connectivity index is 1.70. The van der Waals surface area contributed by atoms with Gasteiger partial charge in [-0.15, -0.1) is 0 Å². The van der Waals surface area contributed by atoms with E-state index in [0.717, 1.165) is 10.6 Å². The number of amides is 3. The van der Waals surface area contributed by atoms with Gasteiger partial charge in [0.1, 0.15) is 22.3 Å². The van der Waals surface area contributed by atoms with Gasteiger partial charge in [0.15, 0.2) is 5.65 Å². The third kappa shape index (κ3) is 3.29. The summed E-state index contributed by atoms with van der Waals surface area (Å²) in [6, 6.07) is 8.72. The van der Waals surface area contributed by atoms with Crippen molar-refractivity contribution >= 4 is 41.2 Å². The minimum atomic E-state index is -0.564. The number of anilines is 1. The number of aromatic nitrogens is 3. The van der Waals surface area contributed by atoms with Crippen LogP contribution < -0.4 is 21.1 Å². The lowest BCUT2D eigenvalue weighted by atomic mass is 10.2. The second-order valence-corrected chi connectivity index (χ2v) is 6.69. The lowest BCUT2D eigenvalue weighted by molar-refractivity contribution is -0.115. The summed E-state index contributed by atoms with van der Waals surface area (Å²) in [4.78, 5) is 28.5. The average molecular weight is 382 g/mol. The molecule has 3 aromatic rings. The van der Waals surface area contributed by atoms with E-state index in [1.54, 1.807) is 13.2 Å². The van der Waals surface area contributed by atoms with E-state index >= 15 is 0 Å². The summed E-state index contributed by atoms with van der Waals surface area (Å²) in [5.41, 5.74) is 7.25. The number of ether oxygens (including phenoxy) is 1. The molecule has 0 unspecified atom stereocenters. The molecule has 0 saturated carbocycles. The number of benzene rings is 1. The Labute approximate surface area is 157 Å². The number of imide groups is 1. The quantitative estimate of drug-likeness (QED) is 0.356. The van der Waals surface area contributed by atoms with E-state index < -0.39 is 11.9 Å². The van der Waals surface area contributed by atoms with Crippen molar-refractivity contribution in [2.75, 3.05) is 12.8 Å². The first-order valence-corrected chi connectivity index (χ1v) is 8.65. The molecule has 1 saturated heterocycles. The normalized spacial score (nSPS) is 15.2. The second-order valence-electron chi connectivity index (χ2n) is 5.60. The van der Waals surface area contributed by atoms with Gasteiger partial charge in [0.2, 0.25) is 0 Å². The summed E-state index contributed by atoms with van der Waals surface area (Å²) in [5, 5.41) is 9.44. The Morgan fingerprint density at radius 2 is 2.00 bits per heavy atom. The highest BCUT2D eigenvalue weighted by atomic mass is 32.2. The van der Waals surface area contributed by atoms with Crippen LogP contribution in [0.25, 0.3) is 11.7 Å². The topological polar surface area (TPSA) is 124 Å². The molecule has 4 rings (SSSR count). The van der Waals surface area contributed by atoms with Crippen LogP contribution in [0.5, 0.6) is 5.75 Å². The van der Waals surface area contributed by atoms with Crippen LogP contribution in [0, 0.1) is 0 Å². The van der Waals surface area contributed by atoms with Crippen molar-refractivity contribution in [3.05, 3.63) is 47.8 Å². The lowest BCUT2D eigenvalue weighted by Gasteiger charge is -2.06. The van der Waals surface area contributed by atoms with Crippen LogP contribution in [0.1, 0.15) is 5.56 Å². The maximum absolute atomic E-state index is 11.7. The predicted molar refractivity (Wildman–Crippen MR) is 99.2 cm³/mol. The molecule has 1 aliphatic rings. The summed E-state index contributed by atoms with van der Waals surface area (Å²) in [7, 11) is 1.61. The number of hydrogen-bond acceptors (Lipinski definition) is 7. The van der Waals surface area contributed by atoms with E-state index in [1.807, 2.05) is 24.3 Å². The lowest BCUT2D eigenvalue weighted by Crippen LogP contribution is -2.22. The number of methoxy groups -OCH3 is 1. The highest BCUT2D eigenvalue weighted by Crippen LogP contribution is 2.30. The molecule has 4 N–H and O–H groups in total. The molecule has 0 atom stereocenters. The van der Waals surface area contributed by atoms with E-state index in [-0.39, 0.29) is 5.70 Å². The highest BCUT2D eigenvalue weighted by molar-refractivity contribution is 7.99. The molecule has 1 fully saturated rings. The molecule has 2 aromatic heterocycles. The number of nitrogen functional groups attached to an aromatic ring is 1. The van der Waals surface area contributed by atoms with Gasteiger partial charge in [0.05, 0.1) is 13.3 Å². The summed E-state index contributed by atoms with van der Waals surface area (Å²) in [6.07, 6.45) is 3.04. The average Bonchev–Trinajstić information content (AvgIpc) is 3.19. The third-order valence-corrected chi connectivity index (χ3v) is 4.73. The number of nitrogens with zero attached hydrogens (tertiary/aromatic N) is 3. The number of carbonyl (C=O) groups is 2. The van der Waals surface area contributed by atoms with Crippen LogP contribution in [-0.4, -0.2) is 33.6 Å². The number of nitrogens with one attached hydrogen (secondary N) is 2. The van der Waals surface area contributed by atoms with Crippen LogP contribution in [0.4, 0.5) is 10.6 Å². The van der Waals surface area contributed by atoms with Gasteiger partial charge in [-0.2, -0.15) is 9.61 Å². The minimum absolute atomic E-state index is 0.128. The summed E-state index contributed by atoms with van der Waals surface area (Å²) < 4.78 is 6.63. The van der Waals surface area contributed by atoms with Gasteiger partial charge < -0.3 is 15.8 Å². The maximum Gasteiger partial charge on any atom is 0.326 e. The first-order chi connectivity index (χ1) is 13.0. The number of rotatable bonds is 4. The standard InChI is InChI=1S/C17H14N6O3S/c1-26-10-2-4-11(5-3-10)27-14-7-13(18)23-15(21-14)9(8-19-23)6-12-16(24)22-17(25)20-12/h2-8H,18H2,1H3,(H2,20,22,24,25)/b12-6-. The van der Waals surface area contributed by atoms with Crippen molar-refractivity contribution in [1.29, 1.82) is 0 Å². The summed E-state index contributed by atoms with van der Waals surface area (Å²) >= 11 is 1.43. The molecule has 9 nitrogen and oxygen atoms in total. The van der Waals surface area contributed by atoms with Crippen LogP contribution in [0.2, 0.25) is 0 Å². The van der Waals surface area contributed by atoms with Crippen LogP contribution in [0.3, 0.4) is 0 Å². The Kier molecular flexibility index (Phi) is 4.16. The molecule has 1 aliphatic heterocycles. The maximum atomic E-state index is 11.7. The van der Waals surface area contributed by atoms with Crippen molar-refractivity contribution in [3.8, 4) is 5.75 Å². The van der Waals surface area contributed by atoms with Gasteiger partial charge >= 0.3 is 6.03 Å². The Hall–Kier alpha value is -3.53. The Morgan fingerprint density at radius 3 is 2.67 bits per heavy atom. The van der Waals surface area contributed by atoms with Crippen molar-refractivity contribution in [1.82, 2.24) is 25.2 Å². The zero-order valence-corrected chi connectivity index (χ0v) is 14.9. The molecule has 3 heterocycles. The predicted octanol–water partition coefficient (Wildman–Crippen LogP) is 1.65. The smallest absolute Gasteiger partial charge is 0.326 e. The van der Waals surface area contributed by atoms with E-state index in [1.165, 1.54) is 28.6 Å². The van der Waals surface area contributed by atoms with Crippen molar-refractivity contribution in [3.63, 3.8) is 0 Å². The second kappa shape index (κ2) is 6.65. The highest BCUT2D eigenvalue weighted by Gasteiger charge is 2.23. The first-order valence-electron chi connectivity index (χ1n) is 7.83.